The first-order valence-corrected chi connectivity index (χ1v) is 18.0. The lowest BCUT2D eigenvalue weighted by Crippen LogP contribution is -2.46. The predicted molar refractivity (Wildman–Crippen MR) is 205 cm³/mol. The molecule has 3 heterocycles. The van der Waals surface area contributed by atoms with Gasteiger partial charge in [-0.2, -0.15) is 5.10 Å². The third kappa shape index (κ3) is 8.28. The van der Waals surface area contributed by atoms with Crippen LogP contribution in [0.5, 0.6) is 23.0 Å². The smallest absolute Gasteiger partial charge is 0.312 e. The number of nitrogens with zero attached hydrogens (tertiary/aromatic N) is 2. The summed E-state index contributed by atoms with van der Waals surface area (Å²) in [6.45, 7) is 12.4. The monoisotopic (exact) mass is 767 g/mol. The van der Waals surface area contributed by atoms with Gasteiger partial charge in [0, 0.05) is 75.2 Å². The summed E-state index contributed by atoms with van der Waals surface area (Å²) in [6.07, 6.45) is 4.69. The molecule has 3 aliphatic heterocycles. The highest BCUT2D eigenvalue weighted by Crippen LogP contribution is 2.55. The number of benzene rings is 2. The van der Waals surface area contributed by atoms with Crippen LogP contribution in [0.15, 0.2) is 41.2 Å². The zero-order valence-electron chi connectivity index (χ0n) is 33.1. The molecule has 0 aliphatic carbocycles. The molecule has 0 spiro atoms. The van der Waals surface area contributed by atoms with Gasteiger partial charge in [-0.1, -0.05) is 45.9 Å². The third-order valence-corrected chi connectivity index (χ3v) is 10.5. The van der Waals surface area contributed by atoms with Gasteiger partial charge >= 0.3 is 11.8 Å². The fraction of sp³-hybridized carbons (Fsp3) is 0.500. The molecule has 0 saturated carbocycles. The highest BCUT2D eigenvalue weighted by molar-refractivity contribution is 6.23. The summed E-state index contributed by atoms with van der Waals surface area (Å²) in [5, 5.41) is 65.3. The minimum atomic E-state index is -2.04. The molecule has 3 aliphatic rings. The van der Waals surface area contributed by atoms with Crippen molar-refractivity contribution in [2.45, 2.75) is 85.6 Å². The standard InChI is InChI=1S/C40H53N3O12/c1-18-13-12-14-19(2)39(51)42-30-25(17-41-43(9)10)34(48)27-28(35(30)49)33(47)23(6)37-29(27)38(50)40(8,55-37)53-16-15-26(52-11)20(3)36(54-24(7)44)22(5)32(46)21(4)31(18)45/h12-18,20-22,26,31-32,36,45-49H,1-11H3,(H,42,51)/b13-12?,16-15?,19-14?,41-17+. The van der Waals surface area contributed by atoms with Gasteiger partial charge in [0.25, 0.3) is 11.7 Å². The van der Waals surface area contributed by atoms with E-state index in [2.05, 4.69) is 10.4 Å². The van der Waals surface area contributed by atoms with E-state index >= 15 is 0 Å². The molecule has 2 aromatic rings. The second kappa shape index (κ2) is 16.7. The Morgan fingerprint density at radius 1 is 0.964 bits per heavy atom. The zero-order valence-corrected chi connectivity index (χ0v) is 33.1. The van der Waals surface area contributed by atoms with E-state index in [0.29, 0.717) is 0 Å². The molecular weight excluding hydrogens is 714 g/mol. The van der Waals surface area contributed by atoms with Crippen LogP contribution >= 0.6 is 0 Å². The van der Waals surface area contributed by atoms with Crippen LogP contribution in [0.25, 0.3) is 10.8 Å². The van der Waals surface area contributed by atoms with Crippen molar-refractivity contribution in [3.63, 3.8) is 0 Å². The Kier molecular flexibility index (Phi) is 13.0. The van der Waals surface area contributed by atoms with Crippen molar-refractivity contribution in [3.8, 4) is 23.0 Å². The van der Waals surface area contributed by atoms with Crippen LogP contribution in [0.1, 0.15) is 70.0 Å². The molecule has 0 fully saturated rings. The van der Waals surface area contributed by atoms with Crippen molar-refractivity contribution in [2.75, 3.05) is 26.5 Å². The zero-order chi connectivity index (χ0) is 41.3. The number of aromatic hydroxyl groups is 3. The first kappa shape index (κ1) is 42.6. The first-order valence-electron chi connectivity index (χ1n) is 18.0. The number of ether oxygens (including phenoxy) is 4. The van der Waals surface area contributed by atoms with Crippen molar-refractivity contribution in [3.05, 3.63) is 52.8 Å². The molecule has 6 N–H and O–H groups in total. The van der Waals surface area contributed by atoms with Crippen LogP contribution in [0.4, 0.5) is 5.69 Å². The van der Waals surface area contributed by atoms with Crippen LogP contribution in [0.3, 0.4) is 0 Å². The van der Waals surface area contributed by atoms with Crippen LogP contribution in [-0.2, 0) is 23.8 Å². The molecule has 1 amide bonds. The summed E-state index contributed by atoms with van der Waals surface area (Å²) < 4.78 is 23.4. The number of aliphatic hydroxyl groups is 2. The maximum atomic E-state index is 14.3. The second-order valence-electron chi connectivity index (χ2n) is 14.7. The topological polar surface area (TPSA) is 217 Å². The lowest BCUT2D eigenvalue weighted by molar-refractivity contribution is -0.160. The summed E-state index contributed by atoms with van der Waals surface area (Å²) in [5.41, 5.74) is -0.445. The third-order valence-electron chi connectivity index (χ3n) is 10.5. The van der Waals surface area contributed by atoms with E-state index in [1.54, 1.807) is 53.9 Å². The van der Waals surface area contributed by atoms with E-state index in [1.807, 2.05) is 0 Å². The number of ketones is 1. The van der Waals surface area contributed by atoms with Gasteiger partial charge in [0.05, 0.1) is 53.0 Å². The number of esters is 1. The number of methoxy groups -OCH3 is 1. The van der Waals surface area contributed by atoms with E-state index in [9.17, 15) is 39.9 Å². The molecule has 15 heteroatoms. The van der Waals surface area contributed by atoms with Gasteiger partial charge in [-0.25, -0.2) is 0 Å². The normalized spacial score (nSPS) is 29.3. The minimum Gasteiger partial charge on any atom is -0.507 e. The summed E-state index contributed by atoms with van der Waals surface area (Å²) >= 11 is 0. The lowest BCUT2D eigenvalue weighted by atomic mass is 9.78. The summed E-state index contributed by atoms with van der Waals surface area (Å²) in [4.78, 5) is 40.1. The number of fused-ring (bicyclic) bond motifs is 14. The van der Waals surface area contributed by atoms with Gasteiger partial charge in [0.15, 0.2) is 5.75 Å². The molecule has 0 radical (unpaired) electrons. The van der Waals surface area contributed by atoms with Crippen molar-refractivity contribution in [1.82, 2.24) is 5.01 Å². The van der Waals surface area contributed by atoms with Crippen LogP contribution in [0, 0.1) is 30.6 Å². The SMILES string of the molecule is COC1C=COC2(C)Oc3c(C)c(O)c4c(O)c(c(/C=N/N(C)C)c(O)c4c3C2=O)NC(=O)C(C)=CC=CC(C)C(O)C(C)C(O)C(C)C(OC(C)=O)C1C. The number of nitrogens with one attached hydrogen (secondary N) is 1. The molecule has 15 nitrogen and oxygen atoms in total. The molecule has 0 saturated heterocycles. The number of hydrogen-bond acceptors (Lipinski definition) is 14. The van der Waals surface area contributed by atoms with Gasteiger partial charge in [-0.15, -0.1) is 0 Å². The number of carbonyl (C=O) groups excluding carboxylic acids is 3. The number of carbonyl (C=O) groups is 3. The second-order valence-corrected chi connectivity index (χ2v) is 14.7. The van der Waals surface area contributed by atoms with Crippen LogP contribution in [0.2, 0.25) is 0 Å². The number of allylic oxidation sites excluding steroid dienone is 2. The van der Waals surface area contributed by atoms with Crippen molar-refractivity contribution in [1.29, 1.82) is 0 Å². The Hall–Kier alpha value is -5.12. The Morgan fingerprint density at radius 2 is 1.62 bits per heavy atom. The number of phenolic OH excluding ortho intramolecular Hbond substituents is 3. The van der Waals surface area contributed by atoms with E-state index < -0.39 is 88.8 Å². The molecule has 55 heavy (non-hydrogen) atoms. The van der Waals surface area contributed by atoms with Gasteiger partial charge in [-0.05, 0) is 19.9 Å². The Morgan fingerprint density at radius 3 is 2.22 bits per heavy atom. The largest absolute Gasteiger partial charge is 0.507 e. The van der Waals surface area contributed by atoms with Gasteiger partial charge in [0.2, 0.25) is 0 Å². The Bertz CT molecular complexity index is 1950. The van der Waals surface area contributed by atoms with Crippen molar-refractivity contribution < 1.29 is 58.9 Å². The number of amides is 1. The highest BCUT2D eigenvalue weighted by atomic mass is 16.7. The number of phenols is 3. The van der Waals surface area contributed by atoms with E-state index in [0.717, 1.165) is 0 Å². The van der Waals surface area contributed by atoms with Crippen molar-refractivity contribution >= 4 is 40.3 Å². The fourth-order valence-electron chi connectivity index (χ4n) is 7.05. The average Bonchev–Trinajstić information content (AvgIpc) is 3.39. The fourth-order valence-corrected chi connectivity index (χ4v) is 7.05. The number of anilines is 1. The number of aliphatic hydroxyl groups excluding tert-OH is 2. The molecular formula is C40H53N3O12. The van der Waals surface area contributed by atoms with Gasteiger partial charge in [-0.3, -0.25) is 14.4 Å². The van der Waals surface area contributed by atoms with Crippen LogP contribution in [-0.4, -0.2) is 106 Å². The average molecular weight is 768 g/mol. The number of hydrogen-bond donors (Lipinski definition) is 6. The predicted octanol–water partition coefficient (Wildman–Crippen LogP) is 4.65. The van der Waals surface area contributed by atoms with Crippen molar-refractivity contribution in [2.24, 2.45) is 28.8 Å². The molecule has 0 aromatic heterocycles. The van der Waals surface area contributed by atoms with Gasteiger partial charge in [0.1, 0.15) is 23.4 Å². The summed E-state index contributed by atoms with van der Waals surface area (Å²) in [5.74, 6) is -8.43. The number of rotatable bonds is 4. The molecule has 300 valence electrons. The van der Waals surface area contributed by atoms with E-state index in [-0.39, 0.29) is 44.5 Å². The highest BCUT2D eigenvalue weighted by Gasteiger charge is 2.50. The maximum absolute atomic E-state index is 14.3. The Labute approximate surface area is 320 Å². The number of hydrazone groups is 1. The lowest BCUT2D eigenvalue weighted by Gasteiger charge is -2.38. The quantitative estimate of drug-likeness (QED) is 0.0822. The number of Topliss-reactive ketones (excluding diaryl/α,β-unsaturated/α-hetero) is 1. The molecule has 9 atom stereocenters. The minimum absolute atomic E-state index is 0.0475. The molecule has 9 unspecified atom stereocenters. The molecule has 2 aromatic carbocycles. The molecule has 5 bridgehead atoms. The summed E-state index contributed by atoms with van der Waals surface area (Å²) in [7, 11) is 4.65. The summed E-state index contributed by atoms with van der Waals surface area (Å²) in [6, 6.07) is 0. The van der Waals surface area contributed by atoms with E-state index in [4.69, 9.17) is 18.9 Å². The van der Waals surface area contributed by atoms with Crippen LogP contribution < -0.4 is 10.1 Å². The van der Waals surface area contributed by atoms with Gasteiger partial charge < -0.3 is 54.8 Å². The first-order chi connectivity index (χ1) is 25.7. The van der Waals surface area contributed by atoms with E-state index in [1.165, 1.54) is 64.4 Å². The maximum Gasteiger partial charge on any atom is 0.312 e. The molecule has 5 rings (SSSR count). The Balaban J connectivity index is 1.97.